The second-order valence-corrected chi connectivity index (χ2v) is 8.75. The summed E-state index contributed by atoms with van der Waals surface area (Å²) in [6.45, 7) is -0.265. The van der Waals surface area contributed by atoms with Crippen molar-refractivity contribution in [2.75, 3.05) is 18.0 Å². The number of halogens is 1. The minimum atomic E-state index is -4.17. The largest absolute Gasteiger partial charge is 0.398 e. The van der Waals surface area contributed by atoms with E-state index < -0.39 is 35.8 Å². The molecule has 0 radical (unpaired) electrons. The van der Waals surface area contributed by atoms with Gasteiger partial charge in [-0.3, -0.25) is 0 Å². The molecule has 6 nitrogen and oxygen atoms in total. The summed E-state index contributed by atoms with van der Waals surface area (Å²) in [6, 6.07) is 3.55. The summed E-state index contributed by atoms with van der Waals surface area (Å²) in [5.41, 5.74) is 5.25. The lowest BCUT2D eigenvalue weighted by Gasteiger charge is -2.13. The van der Waals surface area contributed by atoms with Crippen molar-refractivity contribution in [1.29, 1.82) is 0 Å². The quantitative estimate of drug-likeness (QED) is 0.774. The number of hydrogen-bond donors (Lipinski definition) is 2. The van der Waals surface area contributed by atoms with E-state index >= 15 is 0 Å². The maximum absolute atomic E-state index is 13.6. The number of anilines is 1. The molecule has 0 bridgehead atoms. The van der Waals surface area contributed by atoms with Crippen LogP contribution >= 0.6 is 0 Å². The van der Waals surface area contributed by atoms with E-state index in [0.29, 0.717) is 12.8 Å². The Morgan fingerprint density at radius 1 is 1.40 bits per heavy atom. The van der Waals surface area contributed by atoms with Crippen molar-refractivity contribution in [3.63, 3.8) is 0 Å². The van der Waals surface area contributed by atoms with Crippen molar-refractivity contribution < 1.29 is 21.2 Å². The van der Waals surface area contributed by atoms with Gasteiger partial charge in [0.15, 0.2) is 9.84 Å². The lowest BCUT2D eigenvalue weighted by molar-refractivity contribution is 0.554. The molecule has 0 spiro atoms. The topological polar surface area (TPSA) is 106 Å². The highest BCUT2D eigenvalue weighted by Crippen LogP contribution is 2.23. The van der Waals surface area contributed by atoms with Crippen LogP contribution in [0.5, 0.6) is 0 Å². The molecule has 0 saturated carbocycles. The van der Waals surface area contributed by atoms with Gasteiger partial charge in [-0.25, -0.2) is 25.9 Å². The molecule has 1 fully saturated rings. The summed E-state index contributed by atoms with van der Waals surface area (Å²) in [4.78, 5) is -0.643. The minimum Gasteiger partial charge on any atom is -0.398 e. The van der Waals surface area contributed by atoms with E-state index in [1.54, 1.807) is 0 Å². The Bertz CT molecular complexity index is 696. The first kappa shape index (κ1) is 15.2. The van der Waals surface area contributed by atoms with Crippen LogP contribution in [0.3, 0.4) is 0 Å². The molecule has 1 aromatic carbocycles. The Kier molecular flexibility index (Phi) is 4.03. The van der Waals surface area contributed by atoms with Crippen LogP contribution in [0.4, 0.5) is 10.1 Å². The molecule has 1 unspecified atom stereocenters. The molecule has 9 heteroatoms. The normalized spacial score (nSPS) is 21.9. The lowest BCUT2D eigenvalue weighted by Crippen LogP contribution is -2.35. The predicted molar refractivity (Wildman–Crippen MR) is 72.8 cm³/mol. The molecule has 20 heavy (non-hydrogen) atoms. The summed E-state index contributed by atoms with van der Waals surface area (Å²) in [5, 5.41) is -0.759. The summed E-state index contributed by atoms with van der Waals surface area (Å²) in [6.07, 6.45) is 0.911. The van der Waals surface area contributed by atoms with E-state index in [1.165, 1.54) is 12.1 Å². The number of sulfonamides is 1. The third-order valence-electron chi connectivity index (χ3n) is 3.23. The van der Waals surface area contributed by atoms with Gasteiger partial charge in [0, 0.05) is 6.54 Å². The first-order valence-electron chi connectivity index (χ1n) is 5.99. The van der Waals surface area contributed by atoms with Gasteiger partial charge in [0.1, 0.15) is 10.7 Å². The average Bonchev–Trinajstić information content (AvgIpc) is 2.65. The summed E-state index contributed by atoms with van der Waals surface area (Å²) < 4.78 is 63.0. The van der Waals surface area contributed by atoms with Crippen molar-refractivity contribution in [2.45, 2.75) is 23.0 Å². The number of sulfone groups is 1. The highest BCUT2D eigenvalue weighted by atomic mass is 32.2. The minimum absolute atomic E-state index is 0.0568. The average molecular weight is 322 g/mol. The molecule has 112 valence electrons. The highest BCUT2D eigenvalue weighted by molar-refractivity contribution is 7.92. The molecule has 2 rings (SSSR count). The number of rotatable bonds is 4. The maximum atomic E-state index is 13.6. The van der Waals surface area contributed by atoms with Gasteiger partial charge in [-0.15, -0.1) is 0 Å². The highest BCUT2D eigenvalue weighted by Gasteiger charge is 2.33. The van der Waals surface area contributed by atoms with Gasteiger partial charge < -0.3 is 5.73 Å². The van der Waals surface area contributed by atoms with Gasteiger partial charge in [0.25, 0.3) is 0 Å². The molecule has 0 aliphatic carbocycles. The molecule has 0 aromatic heterocycles. The van der Waals surface area contributed by atoms with E-state index in [2.05, 4.69) is 4.72 Å². The number of nitrogen functional groups attached to an aromatic ring is 1. The van der Waals surface area contributed by atoms with Crippen LogP contribution in [-0.4, -0.2) is 34.4 Å². The maximum Gasteiger partial charge on any atom is 0.245 e. The summed E-state index contributed by atoms with van der Waals surface area (Å²) in [5.74, 6) is -0.909. The second-order valence-electron chi connectivity index (χ2n) is 4.64. The van der Waals surface area contributed by atoms with Crippen molar-refractivity contribution in [2.24, 2.45) is 0 Å². The molecule has 1 atom stereocenters. The van der Waals surface area contributed by atoms with Crippen LogP contribution in [0.15, 0.2) is 23.1 Å². The summed E-state index contributed by atoms with van der Waals surface area (Å²) >= 11 is 0. The number of benzene rings is 1. The monoisotopic (exact) mass is 322 g/mol. The van der Waals surface area contributed by atoms with Gasteiger partial charge in [-0.05, 0) is 25.0 Å². The van der Waals surface area contributed by atoms with Crippen molar-refractivity contribution in [3.8, 4) is 0 Å². The fourth-order valence-corrected chi connectivity index (χ4v) is 5.31. The number of nitrogens with one attached hydrogen (secondary N) is 1. The molecule has 1 aromatic rings. The van der Waals surface area contributed by atoms with Crippen LogP contribution < -0.4 is 10.5 Å². The SMILES string of the molecule is Nc1cccc(F)c1S(=O)(=O)NCC1CCCS1(=O)=O. The molecule has 1 saturated heterocycles. The van der Waals surface area contributed by atoms with E-state index in [1.807, 2.05) is 0 Å². The zero-order chi connectivity index (χ0) is 15.0. The second kappa shape index (κ2) is 5.30. The van der Waals surface area contributed by atoms with Gasteiger partial charge in [-0.2, -0.15) is 0 Å². The Balaban J connectivity index is 2.21. The van der Waals surface area contributed by atoms with Gasteiger partial charge in [-0.1, -0.05) is 6.07 Å². The van der Waals surface area contributed by atoms with Crippen molar-refractivity contribution in [1.82, 2.24) is 4.72 Å². The van der Waals surface area contributed by atoms with E-state index in [0.717, 1.165) is 6.07 Å². The Morgan fingerprint density at radius 2 is 2.10 bits per heavy atom. The molecule has 1 heterocycles. The van der Waals surface area contributed by atoms with E-state index in [-0.39, 0.29) is 18.0 Å². The molecule has 1 aliphatic heterocycles. The fraction of sp³-hybridized carbons (Fsp3) is 0.455. The Morgan fingerprint density at radius 3 is 2.65 bits per heavy atom. The van der Waals surface area contributed by atoms with Gasteiger partial charge in [0.05, 0.1) is 16.7 Å². The van der Waals surface area contributed by atoms with Crippen LogP contribution in [0, 0.1) is 5.82 Å². The lowest BCUT2D eigenvalue weighted by atomic mass is 10.2. The third kappa shape index (κ3) is 2.94. The number of hydrogen-bond acceptors (Lipinski definition) is 5. The van der Waals surface area contributed by atoms with Gasteiger partial charge in [0.2, 0.25) is 10.0 Å². The van der Waals surface area contributed by atoms with Crippen molar-refractivity contribution >= 4 is 25.5 Å². The van der Waals surface area contributed by atoms with Crippen LogP contribution in [0.25, 0.3) is 0 Å². The Labute approximate surface area is 117 Å². The first-order chi connectivity index (χ1) is 9.24. The Hall–Kier alpha value is -1.19. The third-order valence-corrected chi connectivity index (χ3v) is 7.02. The van der Waals surface area contributed by atoms with Crippen LogP contribution in [0.2, 0.25) is 0 Å². The van der Waals surface area contributed by atoms with Crippen molar-refractivity contribution in [3.05, 3.63) is 24.0 Å². The fourth-order valence-electron chi connectivity index (χ4n) is 2.17. The molecular formula is C11H15FN2O4S2. The van der Waals surface area contributed by atoms with Gasteiger partial charge >= 0.3 is 0 Å². The smallest absolute Gasteiger partial charge is 0.245 e. The standard InChI is InChI=1S/C11H15FN2O4S2/c12-9-4-1-5-10(13)11(9)20(17,18)14-7-8-3-2-6-19(8,15)16/h1,4-5,8,14H,2-3,6-7,13H2. The number of nitrogens with two attached hydrogens (primary N) is 1. The zero-order valence-electron chi connectivity index (χ0n) is 10.5. The van der Waals surface area contributed by atoms with Crippen LogP contribution in [-0.2, 0) is 19.9 Å². The molecule has 1 aliphatic rings. The van der Waals surface area contributed by atoms with Crippen LogP contribution in [0.1, 0.15) is 12.8 Å². The molecular weight excluding hydrogens is 307 g/mol. The molecule has 0 amide bonds. The predicted octanol–water partition coefficient (Wildman–Crippen LogP) is 0.263. The first-order valence-corrected chi connectivity index (χ1v) is 9.19. The zero-order valence-corrected chi connectivity index (χ0v) is 12.2. The molecule has 3 N–H and O–H groups in total. The van der Waals surface area contributed by atoms with E-state index in [4.69, 9.17) is 5.73 Å². The summed E-state index contributed by atoms with van der Waals surface area (Å²) in [7, 11) is -7.44. The van der Waals surface area contributed by atoms with E-state index in [9.17, 15) is 21.2 Å².